The number of phenols is 1. The van der Waals surface area contributed by atoms with Crippen LogP contribution in [0.5, 0.6) is 5.75 Å². The van der Waals surface area contributed by atoms with E-state index < -0.39 is 0 Å². The first-order chi connectivity index (χ1) is 7.66. The molecule has 2 nitrogen and oxygen atoms in total. The van der Waals surface area contributed by atoms with E-state index in [2.05, 4.69) is 21.2 Å². The number of phenolic OH excluding ortho intramolecular Hbond substituents is 1. The maximum Gasteiger partial charge on any atom is 0.141 e. The smallest absolute Gasteiger partial charge is 0.141 e. The Bertz CT molecular complexity index is 354. The minimum atomic E-state index is -0.385. The Morgan fingerprint density at radius 1 is 1.38 bits per heavy atom. The standard InChI is InChI=1S/C12H15BrFNO/c13-12-10(14)6-9(7-11(12)16)5-8-1-3-15-4-2-8/h6-8,15-16H,1-5H2. The van der Waals surface area contributed by atoms with Gasteiger partial charge in [0, 0.05) is 0 Å². The van der Waals surface area contributed by atoms with Crippen LogP contribution in [0.3, 0.4) is 0 Å². The van der Waals surface area contributed by atoms with Gasteiger partial charge in [-0.25, -0.2) is 4.39 Å². The van der Waals surface area contributed by atoms with E-state index in [1.165, 1.54) is 6.07 Å². The van der Waals surface area contributed by atoms with Crippen LogP contribution < -0.4 is 5.32 Å². The summed E-state index contributed by atoms with van der Waals surface area (Å²) in [4.78, 5) is 0. The van der Waals surface area contributed by atoms with E-state index in [1.54, 1.807) is 6.07 Å². The molecule has 2 N–H and O–H groups in total. The molecule has 0 radical (unpaired) electrons. The third-order valence-electron chi connectivity index (χ3n) is 3.05. The molecular weight excluding hydrogens is 273 g/mol. The van der Waals surface area contributed by atoms with Gasteiger partial charge in [0.1, 0.15) is 11.6 Å². The lowest BCUT2D eigenvalue weighted by atomic mass is 9.91. The summed E-state index contributed by atoms with van der Waals surface area (Å²) in [6.07, 6.45) is 3.09. The minimum Gasteiger partial charge on any atom is -0.507 e. The third-order valence-corrected chi connectivity index (χ3v) is 3.84. The van der Waals surface area contributed by atoms with Crippen molar-refractivity contribution in [2.75, 3.05) is 13.1 Å². The number of nitrogens with one attached hydrogen (secondary N) is 1. The molecule has 1 saturated heterocycles. The Kier molecular flexibility index (Phi) is 3.82. The minimum absolute atomic E-state index is 0.0102. The fourth-order valence-corrected chi connectivity index (χ4v) is 2.40. The van der Waals surface area contributed by atoms with E-state index in [1.807, 2.05) is 0 Å². The lowest BCUT2D eigenvalue weighted by molar-refractivity contribution is 0.371. The molecule has 0 spiro atoms. The van der Waals surface area contributed by atoms with Gasteiger partial charge < -0.3 is 10.4 Å². The molecule has 1 fully saturated rings. The molecule has 0 saturated carbocycles. The van der Waals surface area contributed by atoms with Crippen LogP contribution in [0.15, 0.2) is 16.6 Å². The van der Waals surface area contributed by atoms with Gasteiger partial charge in [0.25, 0.3) is 0 Å². The summed E-state index contributed by atoms with van der Waals surface area (Å²) in [5.41, 5.74) is 0.880. The Morgan fingerprint density at radius 2 is 2.06 bits per heavy atom. The van der Waals surface area contributed by atoms with E-state index in [0.29, 0.717) is 5.92 Å². The maximum atomic E-state index is 13.4. The van der Waals surface area contributed by atoms with Crippen molar-refractivity contribution in [3.05, 3.63) is 28.0 Å². The number of benzene rings is 1. The predicted molar refractivity (Wildman–Crippen MR) is 65.1 cm³/mol. The summed E-state index contributed by atoms with van der Waals surface area (Å²) in [5, 5.41) is 12.8. The van der Waals surface area contributed by atoms with E-state index >= 15 is 0 Å². The van der Waals surface area contributed by atoms with Crippen LogP contribution in [0, 0.1) is 11.7 Å². The van der Waals surface area contributed by atoms with E-state index in [-0.39, 0.29) is 16.0 Å². The SMILES string of the molecule is Oc1cc(CC2CCNCC2)cc(F)c1Br. The van der Waals surface area contributed by atoms with Crippen molar-refractivity contribution < 1.29 is 9.50 Å². The van der Waals surface area contributed by atoms with Crippen molar-refractivity contribution in [2.24, 2.45) is 5.92 Å². The molecule has 0 amide bonds. The van der Waals surface area contributed by atoms with Gasteiger partial charge in [0.15, 0.2) is 0 Å². The van der Waals surface area contributed by atoms with Crippen LogP contribution in [0.25, 0.3) is 0 Å². The molecule has 4 heteroatoms. The lowest BCUT2D eigenvalue weighted by Gasteiger charge is -2.22. The normalized spacial score (nSPS) is 17.6. The van der Waals surface area contributed by atoms with Crippen LogP contribution in [0.2, 0.25) is 0 Å². The highest BCUT2D eigenvalue weighted by Crippen LogP contribution is 2.29. The molecule has 1 aliphatic rings. The fourth-order valence-electron chi connectivity index (χ4n) is 2.17. The summed E-state index contributed by atoms with van der Waals surface area (Å²) < 4.78 is 13.5. The van der Waals surface area contributed by atoms with Gasteiger partial charge >= 0.3 is 0 Å². The van der Waals surface area contributed by atoms with Gasteiger partial charge in [0.2, 0.25) is 0 Å². The largest absolute Gasteiger partial charge is 0.507 e. The Hall–Kier alpha value is -0.610. The van der Waals surface area contributed by atoms with Crippen molar-refractivity contribution in [1.82, 2.24) is 5.32 Å². The first-order valence-electron chi connectivity index (χ1n) is 5.54. The van der Waals surface area contributed by atoms with Crippen molar-refractivity contribution in [1.29, 1.82) is 0 Å². The second kappa shape index (κ2) is 5.15. The van der Waals surface area contributed by atoms with Crippen LogP contribution in [0.1, 0.15) is 18.4 Å². The highest BCUT2D eigenvalue weighted by Gasteiger charge is 2.15. The Morgan fingerprint density at radius 3 is 2.69 bits per heavy atom. The second-order valence-electron chi connectivity index (χ2n) is 4.31. The zero-order valence-corrected chi connectivity index (χ0v) is 10.6. The number of rotatable bonds is 2. The van der Waals surface area contributed by atoms with E-state index in [9.17, 15) is 9.50 Å². The summed E-state index contributed by atoms with van der Waals surface area (Å²) in [7, 11) is 0. The zero-order valence-electron chi connectivity index (χ0n) is 8.97. The third kappa shape index (κ3) is 2.74. The first-order valence-corrected chi connectivity index (χ1v) is 6.33. The van der Waals surface area contributed by atoms with E-state index in [0.717, 1.165) is 37.9 Å². The molecule has 1 aromatic rings. The highest BCUT2D eigenvalue weighted by molar-refractivity contribution is 9.10. The second-order valence-corrected chi connectivity index (χ2v) is 5.10. The first kappa shape index (κ1) is 11.9. The van der Waals surface area contributed by atoms with Crippen LogP contribution in [-0.4, -0.2) is 18.2 Å². The molecule has 1 heterocycles. The summed E-state index contributed by atoms with van der Waals surface area (Å²) in [5.74, 6) is 0.203. The van der Waals surface area contributed by atoms with E-state index in [4.69, 9.17) is 0 Å². The van der Waals surface area contributed by atoms with Crippen LogP contribution >= 0.6 is 15.9 Å². The number of hydrogen-bond donors (Lipinski definition) is 2. The molecule has 2 rings (SSSR count). The molecule has 1 aliphatic heterocycles. The Labute approximate surface area is 103 Å². The lowest BCUT2D eigenvalue weighted by Crippen LogP contribution is -2.28. The number of piperidine rings is 1. The quantitative estimate of drug-likeness (QED) is 0.877. The van der Waals surface area contributed by atoms with Crippen molar-refractivity contribution in [3.8, 4) is 5.75 Å². The van der Waals surface area contributed by atoms with Gasteiger partial charge in [-0.2, -0.15) is 0 Å². The average Bonchev–Trinajstić information content (AvgIpc) is 2.27. The van der Waals surface area contributed by atoms with Gasteiger partial charge in [-0.15, -0.1) is 0 Å². The molecule has 0 unspecified atom stereocenters. The molecule has 0 aliphatic carbocycles. The predicted octanol–water partition coefficient (Wildman–Crippen LogP) is 2.84. The molecule has 0 bridgehead atoms. The average molecular weight is 288 g/mol. The van der Waals surface area contributed by atoms with Gasteiger partial charge in [0.05, 0.1) is 4.47 Å². The Balaban J connectivity index is 2.09. The highest BCUT2D eigenvalue weighted by atomic mass is 79.9. The molecule has 16 heavy (non-hydrogen) atoms. The number of aromatic hydroxyl groups is 1. The van der Waals surface area contributed by atoms with Crippen molar-refractivity contribution in [3.63, 3.8) is 0 Å². The van der Waals surface area contributed by atoms with Gasteiger partial charge in [-0.3, -0.25) is 0 Å². The van der Waals surface area contributed by atoms with Gasteiger partial charge in [-0.1, -0.05) is 0 Å². The summed E-state index contributed by atoms with van der Waals surface area (Å²) in [6, 6.07) is 3.15. The van der Waals surface area contributed by atoms with Gasteiger partial charge in [-0.05, 0) is 71.9 Å². The topological polar surface area (TPSA) is 32.3 Å². The maximum absolute atomic E-state index is 13.4. The number of hydrogen-bond acceptors (Lipinski definition) is 2. The zero-order chi connectivity index (χ0) is 11.5. The van der Waals surface area contributed by atoms with Crippen molar-refractivity contribution in [2.45, 2.75) is 19.3 Å². The number of halogens is 2. The molecular formula is C12H15BrFNO. The molecule has 0 aromatic heterocycles. The van der Waals surface area contributed by atoms with Crippen molar-refractivity contribution >= 4 is 15.9 Å². The fraction of sp³-hybridized carbons (Fsp3) is 0.500. The molecule has 88 valence electrons. The molecule has 1 aromatic carbocycles. The monoisotopic (exact) mass is 287 g/mol. The van der Waals surface area contributed by atoms with Crippen LogP contribution in [-0.2, 0) is 6.42 Å². The summed E-state index contributed by atoms with van der Waals surface area (Å²) >= 11 is 3.00. The summed E-state index contributed by atoms with van der Waals surface area (Å²) in [6.45, 7) is 2.07. The molecule has 0 atom stereocenters. The van der Waals surface area contributed by atoms with Crippen LogP contribution in [0.4, 0.5) is 4.39 Å².